The molecule has 0 atom stereocenters. The predicted octanol–water partition coefficient (Wildman–Crippen LogP) is 1.77. The van der Waals surface area contributed by atoms with E-state index in [0.29, 0.717) is 5.92 Å². The molecule has 0 N–H and O–H groups in total. The maximum atomic E-state index is 4.63. The van der Waals surface area contributed by atoms with Crippen molar-refractivity contribution in [3.63, 3.8) is 0 Å². The summed E-state index contributed by atoms with van der Waals surface area (Å²) in [7, 11) is 1.92. The van der Waals surface area contributed by atoms with Crippen molar-refractivity contribution in [1.82, 2.24) is 29.6 Å². The van der Waals surface area contributed by atoms with Crippen LogP contribution in [0.25, 0.3) is 16.3 Å². The van der Waals surface area contributed by atoms with Gasteiger partial charge in [0.2, 0.25) is 4.96 Å². The highest BCUT2D eigenvalue weighted by Crippen LogP contribution is 2.42. The molecule has 3 aromatic heterocycles. The van der Waals surface area contributed by atoms with Crippen molar-refractivity contribution in [2.75, 3.05) is 0 Å². The zero-order valence-corrected chi connectivity index (χ0v) is 11.0. The quantitative estimate of drug-likeness (QED) is 0.704. The molecule has 3 heterocycles. The molecule has 4 rings (SSSR count). The first kappa shape index (κ1) is 10.2. The zero-order chi connectivity index (χ0) is 12.3. The smallest absolute Gasteiger partial charge is 0.234 e. The van der Waals surface area contributed by atoms with Crippen molar-refractivity contribution < 1.29 is 0 Å². The van der Waals surface area contributed by atoms with Gasteiger partial charge in [-0.05, 0) is 19.8 Å². The normalized spacial score (nSPS) is 15.7. The van der Waals surface area contributed by atoms with Gasteiger partial charge in [-0.1, -0.05) is 11.3 Å². The van der Waals surface area contributed by atoms with Crippen LogP contribution in [0.15, 0.2) is 6.20 Å². The first-order valence-corrected chi connectivity index (χ1v) is 6.77. The summed E-state index contributed by atoms with van der Waals surface area (Å²) in [4.78, 5) is 0.871. The Bertz CT molecular complexity index is 732. The first-order chi connectivity index (χ1) is 8.74. The summed E-state index contributed by atoms with van der Waals surface area (Å²) >= 11 is 1.65. The molecule has 0 amide bonds. The van der Waals surface area contributed by atoms with Crippen LogP contribution < -0.4 is 0 Å². The highest BCUT2D eigenvalue weighted by atomic mass is 32.1. The van der Waals surface area contributed by atoms with Gasteiger partial charge in [-0.2, -0.15) is 14.7 Å². The molecule has 1 aliphatic rings. The van der Waals surface area contributed by atoms with Crippen LogP contribution in [0.1, 0.15) is 29.5 Å². The van der Waals surface area contributed by atoms with Gasteiger partial charge in [0, 0.05) is 18.7 Å². The van der Waals surface area contributed by atoms with E-state index >= 15 is 0 Å². The number of hydrogen-bond donors (Lipinski definition) is 0. The molecule has 0 saturated heterocycles. The predicted molar refractivity (Wildman–Crippen MR) is 67.6 cm³/mol. The van der Waals surface area contributed by atoms with Crippen LogP contribution in [0.5, 0.6) is 0 Å². The van der Waals surface area contributed by atoms with Gasteiger partial charge >= 0.3 is 0 Å². The van der Waals surface area contributed by atoms with E-state index in [0.717, 1.165) is 22.0 Å². The Hall–Kier alpha value is -1.76. The molecule has 0 unspecified atom stereocenters. The summed E-state index contributed by atoms with van der Waals surface area (Å²) in [6, 6.07) is 0. The van der Waals surface area contributed by atoms with E-state index in [1.165, 1.54) is 17.8 Å². The third kappa shape index (κ3) is 1.34. The van der Waals surface area contributed by atoms with Gasteiger partial charge in [-0.3, -0.25) is 4.68 Å². The minimum atomic E-state index is 0.652. The molecular formula is C11H12N6S. The fourth-order valence-electron chi connectivity index (χ4n) is 2.01. The van der Waals surface area contributed by atoms with Crippen LogP contribution in [0, 0.1) is 6.92 Å². The SMILES string of the molecule is Cc1c(-c2nnc3sc(C4CC4)nn23)cnn1C. The van der Waals surface area contributed by atoms with Crippen LogP contribution >= 0.6 is 11.3 Å². The van der Waals surface area contributed by atoms with Gasteiger partial charge < -0.3 is 0 Å². The molecule has 7 heteroatoms. The van der Waals surface area contributed by atoms with Crippen molar-refractivity contribution in [2.24, 2.45) is 7.05 Å². The summed E-state index contributed by atoms with van der Waals surface area (Å²) in [6.07, 6.45) is 4.33. The molecule has 92 valence electrons. The summed E-state index contributed by atoms with van der Waals surface area (Å²) in [5.74, 6) is 1.44. The largest absolute Gasteiger partial charge is 0.272 e. The first-order valence-electron chi connectivity index (χ1n) is 5.95. The lowest BCUT2D eigenvalue weighted by Crippen LogP contribution is -1.95. The van der Waals surface area contributed by atoms with E-state index in [1.807, 2.05) is 29.4 Å². The molecule has 0 spiro atoms. The third-order valence-electron chi connectivity index (χ3n) is 3.41. The van der Waals surface area contributed by atoms with Crippen LogP contribution in [0.3, 0.4) is 0 Å². The van der Waals surface area contributed by atoms with Crippen LogP contribution in [-0.4, -0.2) is 29.6 Å². The number of rotatable bonds is 2. The van der Waals surface area contributed by atoms with Gasteiger partial charge in [0.05, 0.1) is 11.8 Å². The Kier molecular flexibility index (Phi) is 1.91. The maximum Gasteiger partial charge on any atom is 0.234 e. The number of fused-ring (bicyclic) bond motifs is 1. The molecular weight excluding hydrogens is 248 g/mol. The van der Waals surface area contributed by atoms with Gasteiger partial charge in [-0.15, -0.1) is 10.2 Å². The van der Waals surface area contributed by atoms with Crippen LogP contribution in [-0.2, 0) is 7.05 Å². The number of aryl methyl sites for hydroxylation is 1. The van der Waals surface area contributed by atoms with Gasteiger partial charge in [0.15, 0.2) is 5.82 Å². The fourth-order valence-corrected chi connectivity index (χ4v) is 3.02. The Labute approximate surface area is 107 Å². The molecule has 0 radical (unpaired) electrons. The molecule has 3 aromatic rings. The summed E-state index contributed by atoms with van der Waals surface area (Å²) in [5, 5.41) is 18.5. The lowest BCUT2D eigenvalue weighted by molar-refractivity contribution is 0.740. The van der Waals surface area contributed by atoms with Crippen molar-refractivity contribution >= 4 is 16.3 Å². The third-order valence-corrected chi connectivity index (χ3v) is 4.47. The topological polar surface area (TPSA) is 60.9 Å². The summed E-state index contributed by atoms with van der Waals surface area (Å²) in [5.41, 5.74) is 2.07. The second kappa shape index (κ2) is 3.38. The monoisotopic (exact) mass is 260 g/mol. The van der Waals surface area contributed by atoms with E-state index in [2.05, 4.69) is 20.4 Å². The summed E-state index contributed by atoms with van der Waals surface area (Å²) in [6.45, 7) is 2.03. The second-order valence-electron chi connectivity index (χ2n) is 4.70. The molecule has 1 fully saturated rings. The minimum Gasteiger partial charge on any atom is -0.272 e. The molecule has 6 nitrogen and oxygen atoms in total. The molecule has 1 aliphatic carbocycles. The number of aromatic nitrogens is 6. The zero-order valence-electron chi connectivity index (χ0n) is 10.2. The fraction of sp³-hybridized carbons (Fsp3) is 0.455. The average molecular weight is 260 g/mol. The van der Waals surface area contributed by atoms with Gasteiger partial charge in [0.1, 0.15) is 5.01 Å². The molecule has 0 aliphatic heterocycles. The lowest BCUT2D eigenvalue weighted by atomic mass is 10.2. The van der Waals surface area contributed by atoms with E-state index in [1.54, 1.807) is 11.3 Å². The van der Waals surface area contributed by atoms with Crippen molar-refractivity contribution in [3.8, 4) is 11.4 Å². The van der Waals surface area contributed by atoms with Crippen molar-refractivity contribution in [3.05, 3.63) is 16.9 Å². The van der Waals surface area contributed by atoms with Gasteiger partial charge in [0.25, 0.3) is 0 Å². The number of nitrogens with zero attached hydrogens (tertiary/aromatic N) is 6. The second-order valence-corrected chi connectivity index (χ2v) is 5.69. The lowest BCUT2D eigenvalue weighted by Gasteiger charge is -1.96. The Morgan fingerprint density at radius 3 is 2.83 bits per heavy atom. The minimum absolute atomic E-state index is 0.652. The van der Waals surface area contributed by atoms with E-state index < -0.39 is 0 Å². The van der Waals surface area contributed by atoms with Crippen molar-refractivity contribution in [2.45, 2.75) is 25.7 Å². The average Bonchev–Trinajstić information content (AvgIpc) is 2.90. The Balaban J connectivity index is 1.91. The Morgan fingerprint density at radius 1 is 1.33 bits per heavy atom. The van der Waals surface area contributed by atoms with E-state index in [-0.39, 0.29) is 0 Å². The maximum absolute atomic E-state index is 4.63. The van der Waals surface area contributed by atoms with Crippen LogP contribution in [0.2, 0.25) is 0 Å². The molecule has 1 saturated carbocycles. The molecule has 18 heavy (non-hydrogen) atoms. The van der Waals surface area contributed by atoms with Gasteiger partial charge in [-0.25, -0.2) is 0 Å². The van der Waals surface area contributed by atoms with Crippen LogP contribution in [0.4, 0.5) is 0 Å². The number of hydrogen-bond acceptors (Lipinski definition) is 5. The van der Waals surface area contributed by atoms with Crippen molar-refractivity contribution in [1.29, 1.82) is 0 Å². The molecule has 0 aromatic carbocycles. The highest BCUT2D eigenvalue weighted by molar-refractivity contribution is 7.16. The molecule has 0 bridgehead atoms. The standard InChI is InChI=1S/C11H12N6S/c1-6-8(5-12-16(6)2)9-13-14-11-17(9)15-10(18-11)7-3-4-7/h5,7H,3-4H2,1-2H3. The summed E-state index contributed by atoms with van der Waals surface area (Å²) < 4.78 is 3.69. The highest BCUT2D eigenvalue weighted by Gasteiger charge is 2.28. The Morgan fingerprint density at radius 2 is 2.17 bits per heavy atom. The van der Waals surface area contributed by atoms with E-state index in [9.17, 15) is 0 Å². The van der Waals surface area contributed by atoms with E-state index in [4.69, 9.17) is 0 Å².